The van der Waals surface area contributed by atoms with Crippen LogP contribution in [0.3, 0.4) is 0 Å². The molecule has 0 aromatic heterocycles. The molecule has 6 heteroatoms. The molecule has 5 nitrogen and oxygen atoms in total. The number of rotatable bonds is 2. The lowest BCUT2D eigenvalue weighted by Crippen LogP contribution is -2.42. The Labute approximate surface area is 149 Å². The maximum Gasteiger partial charge on any atom is 0.261 e. The Kier molecular flexibility index (Phi) is 3.81. The summed E-state index contributed by atoms with van der Waals surface area (Å²) in [4.78, 5) is 40.7. The molecule has 25 heavy (non-hydrogen) atoms. The number of hydrogen-bond acceptors (Lipinski definition) is 3. The number of carbonyl (C=O) groups excluding carboxylic acids is 3. The van der Waals surface area contributed by atoms with E-state index in [-0.39, 0.29) is 23.8 Å². The highest BCUT2D eigenvalue weighted by molar-refractivity contribution is 6.30. The summed E-state index contributed by atoms with van der Waals surface area (Å²) in [5, 5.41) is 0.571. The molecule has 2 aliphatic heterocycles. The Morgan fingerprint density at radius 1 is 0.960 bits per heavy atom. The predicted octanol–water partition coefficient (Wildman–Crippen LogP) is 2.85. The maximum absolute atomic E-state index is 12.6. The van der Waals surface area contributed by atoms with Crippen LogP contribution >= 0.6 is 11.6 Å². The molecule has 2 aromatic rings. The minimum atomic E-state index is -0.288. The van der Waals surface area contributed by atoms with E-state index in [0.29, 0.717) is 41.2 Å². The van der Waals surface area contributed by atoms with Gasteiger partial charge in [-0.1, -0.05) is 23.7 Å². The topological polar surface area (TPSA) is 57.7 Å². The third-order valence-electron chi connectivity index (χ3n) is 4.73. The van der Waals surface area contributed by atoms with Crippen LogP contribution in [0.25, 0.3) is 0 Å². The number of nitrogens with zero attached hydrogens (tertiary/aromatic N) is 2. The van der Waals surface area contributed by atoms with E-state index in [1.807, 2.05) is 0 Å². The van der Waals surface area contributed by atoms with Crippen LogP contribution in [0.1, 0.15) is 37.5 Å². The van der Waals surface area contributed by atoms with E-state index < -0.39 is 0 Å². The van der Waals surface area contributed by atoms with Crippen molar-refractivity contribution in [2.75, 3.05) is 13.1 Å². The summed E-state index contributed by atoms with van der Waals surface area (Å²) in [6.45, 7) is 0.868. The second-order valence-electron chi connectivity index (χ2n) is 6.23. The molecule has 1 saturated heterocycles. The Balaban J connectivity index is 1.52. The third-order valence-corrected chi connectivity index (χ3v) is 4.98. The zero-order valence-electron chi connectivity index (χ0n) is 13.3. The van der Waals surface area contributed by atoms with Crippen LogP contribution in [-0.4, -0.2) is 46.7 Å². The molecule has 2 aliphatic rings. The van der Waals surface area contributed by atoms with E-state index in [9.17, 15) is 14.4 Å². The highest BCUT2D eigenvalue weighted by Gasteiger charge is 2.42. The zero-order chi connectivity index (χ0) is 17.6. The molecule has 1 unspecified atom stereocenters. The molecule has 0 radical (unpaired) electrons. The maximum atomic E-state index is 12.6. The van der Waals surface area contributed by atoms with E-state index in [4.69, 9.17) is 11.6 Å². The fourth-order valence-electron chi connectivity index (χ4n) is 3.45. The van der Waals surface area contributed by atoms with E-state index in [0.717, 1.165) is 0 Å². The van der Waals surface area contributed by atoms with E-state index in [1.54, 1.807) is 53.4 Å². The zero-order valence-corrected chi connectivity index (χ0v) is 14.1. The molecular formula is C19H15ClN2O3. The number of benzene rings is 2. The normalized spacial score (nSPS) is 19.5. The van der Waals surface area contributed by atoms with Crippen molar-refractivity contribution < 1.29 is 14.4 Å². The second-order valence-corrected chi connectivity index (χ2v) is 6.66. The van der Waals surface area contributed by atoms with Gasteiger partial charge in [0, 0.05) is 23.7 Å². The van der Waals surface area contributed by atoms with Gasteiger partial charge in [0.25, 0.3) is 17.7 Å². The predicted molar refractivity (Wildman–Crippen MR) is 92.7 cm³/mol. The highest BCUT2D eigenvalue weighted by atomic mass is 35.5. The smallest absolute Gasteiger partial charge is 0.261 e. The minimum absolute atomic E-state index is 0.115. The standard InChI is InChI=1S/C19H15ClN2O3/c20-13-7-5-12(6-8-13)17(23)21-10-9-14(11-21)22-18(24)15-3-1-2-4-16(15)19(22)25/h1-8,14H,9-11H2. The lowest BCUT2D eigenvalue weighted by Gasteiger charge is -2.22. The van der Waals surface area contributed by atoms with Crippen LogP contribution in [0.5, 0.6) is 0 Å². The van der Waals surface area contributed by atoms with Gasteiger partial charge in [0.15, 0.2) is 0 Å². The Morgan fingerprint density at radius 2 is 1.56 bits per heavy atom. The van der Waals surface area contributed by atoms with Gasteiger partial charge in [-0.3, -0.25) is 19.3 Å². The number of carbonyl (C=O) groups is 3. The van der Waals surface area contributed by atoms with Crippen molar-refractivity contribution in [1.82, 2.24) is 9.80 Å². The largest absolute Gasteiger partial charge is 0.336 e. The molecule has 0 spiro atoms. The van der Waals surface area contributed by atoms with Gasteiger partial charge in [-0.2, -0.15) is 0 Å². The van der Waals surface area contributed by atoms with Crippen molar-refractivity contribution in [2.24, 2.45) is 0 Å². The quantitative estimate of drug-likeness (QED) is 0.779. The van der Waals surface area contributed by atoms with Crippen molar-refractivity contribution in [1.29, 1.82) is 0 Å². The number of hydrogen-bond donors (Lipinski definition) is 0. The van der Waals surface area contributed by atoms with Gasteiger partial charge < -0.3 is 4.90 Å². The summed E-state index contributed by atoms with van der Waals surface area (Å²) in [6, 6.07) is 13.3. The fourth-order valence-corrected chi connectivity index (χ4v) is 3.58. The summed E-state index contributed by atoms with van der Waals surface area (Å²) in [6.07, 6.45) is 0.588. The van der Waals surface area contributed by atoms with E-state index in [1.165, 1.54) is 4.90 Å². The lowest BCUT2D eigenvalue weighted by molar-refractivity contribution is 0.0574. The molecule has 2 heterocycles. The summed E-state index contributed by atoms with van der Waals surface area (Å²) in [5.41, 5.74) is 1.43. The Hall–Kier alpha value is -2.66. The van der Waals surface area contributed by atoms with E-state index >= 15 is 0 Å². The first-order valence-corrected chi connectivity index (χ1v) is 8.46. The van der Waals surface area contributed by atoms with Gasteiger partial charge in [0.1, 0.15) is 0 Å². The molecule has 1 atom stereocenters. The van der Waals surface area contributed by atoms with Gasteiger partial charge in [0.05, 0.1) is 17.2 Å². The molecule has 0 aliphatic carbocycles. The monoisotopic (exact) mass is 354 g/mol. The molecule has 126 valence electrons. The number of imide groups is 1. The Bertz CT molecular complexity index is 843. The van der Waals surface area contributed by atoms with Crippen LogP contribution in [0.2, 0.25) is 5.02 Å². The van der Waals surface area contributed by atoms with Gasteiger partial charge in [-0.15, -0.1) is 0 Å². The fraction of sp³-hybridized carbons (Fsp3) is 0.211. The SMILES string of the molecule is O=C(c1ccc(Cl)cc1)N1CCC(N2C(=O)c3ccccc3C2=O)C1. The molecule has 4 rings (SSSR count). The van der Waals surface area contributed by atoms with Gasteiger partial charge in [-0.25, -0.2) is 0 Å². The Morgan fingerprint density at radius 3 is 2.16 bits per heavy atom. The summed E-state index contributed by atoms with van der Waals surface area (Å²) >= 11 is 5.86. The first-order chi connectivity index (χ1) is 12.1. The van der Waals surface area contributed by atoms with Crippen molar-refractivity contribution >= 4 is 29.3 Å². The van der Waals surface area contributed by atoms with Crippen LogP contribution in [-0.2, 0) is 0 Å². The highest BCUT2D eigenvalue weighted by Crippen LogP contribution is 2.28. The molecule has 0 N–H and O–H groups in total. The van der Waals surface area contributed by atoms with Crippen LogP contribution in [0.15, 0.2) is 48.5 Å². The van der Waals surface area contributed by atoms with Crippen molar-refractivity contribution in [3.05, 3.63) is 70.2 Å². The summed E-state index contributed by atoms with van der Waals surface area (Å²) < 4.78 is 0. The molecule has 1 fully saturated rings. The minimum Gasteiger partial charge on any atom is -0.336 e. The van der Waals surface area contributed by atoms with Gasteiger partial charge in [0.2, 0.25) is 0 Å². The molecule has 0 bridgehead atoms. The number of halogens is 1. The second kappa shape index (κ2) is 6.01. The van der Waals surface area contributed by atoms with E-state index in [2.05, 4.69) is 0 Å². The average Bonchev–Trinajstić information content (AvgIpc) is 3.19. The van der Waals surface area contributed by atoms with Gasteiger partial charge >= 0.3 is 0 Å². The van der Waals surface area contributed by atoms with Crippen LogP contribution in [0.4, 0.5) is 0 Å². The summed E-state index contributed by atoms with van der Waals surface area (Å²) in [5.74, 6) is -0.659. The average molecular weight is 355 g/mol. The van der Waals surface area contributed by atoms with Crippen molar-refractivity contribution in [3.8, 4) is 0 Å². The van der Waals surface area contributed by atoms with Crippen molar-refractivity contribution in [2.45, 2.75) is 12.5 Å². The molecule has 3 amide bonds. The molecular weight excluding hydrogens is 340 g/mol. The first-order valence-electron chi connectivity index (χ1n) is 8.08. The first kappa shape index (κ1) is 15.8. The third kappa shape index (κ3) is 2.61. The summed E-state index contributed by atoms with van der Waals surface area (Å²) in [7, 11) is 0. The number of amides is 3. The van der Waals surface area contributed by atoms with Gasteiger partial charge in [-0.05, 0) is 42.8 Å². The van der Waals surface area contributed by atoms with Crippen LogP contribution < -0.4 is 0 Å². The lowest BCUT2D eigenvalue weighted by atomic mass is 10.1. The molecule has 2 aromatic carbocycles. The number of likely N-dealkylation sites (tertiary alicyclic amines) is 1. The van der Waals surface area contributed by atoms with Crippen LogP contribution in [0, 0.1) is 0 Å². The molecule has 0 saturated carbocycles. The van der Waals surface area contributed by atoms with Crippen molar-refractivity contribution in [3.63, 3.8) is 0 Å². The number of fused-ring (bicyclic) bond motifs is 1.